The highest BCUT2D eigenvalue weighted by atomic mass is 16.5. The van der Waals surface area contributed by atoms with E-state index < -0.39 is 0 Å². The van der Waals surface area contributed by atoms with Crippen molar-refractivity contribution in [3.8, 4) is 0 Å². The van der Waals surface area contributed by atoms with Gasteiger partial charge in [-0.15, -0.1) is 0 Å². The lowest BCUT2D eigenvalue weighted by Gasteiger charge is -1.97. The van der Waals surface area contributed by atoms with E-state index >= 15 is 0 Å². The van der Waals surface area contributed by atoms with Gasteiger partial charge < -0.3 is 9.53 Å². The Balaban J connectivity index is 0. The molecule has 102 valence electrons. The summed E-state index contributed by atoms with van der Waals surface area (Å²) in [7, 11) is 0. The van der Waals surface area contributed by atoms with Crippen LogP contribution in [-0.4, -0.2) is 18.4 Å². The van der Waals surface area contributed by atoms with E-state index in [-0.39, 0.29) is 5.97 Å². The maximum Gasteiger partial charge on any atom is 0.302 e. The standard InChI is InChI=1S/C10H20O.C4H8O2/c1-3-4-5-6-7-8-9-10(2)11;1-3-6-4(2)5/h3-9H2,1-2H3;3H2,1-2H3. The van der Waals surface area contributed by atoms with E-state index in [0.717, 1.165) is 12.8 Å². The van der Waals surface area contributed by atoms with Crippen LogP contribution < -0.4 is 0 Å². The molecule has 0 rings (SSSR count). The van der Waals surface area contributed by atoms with Crippen LogP contribution in [0.3, 0.4) is 0 Å². The minimum absolute atomic E-state index is 0.211. The van der Waals surface area contributed by atoms with Crippen molar-refractivity contribution in [2.45, 2.75) is 72.6 Å². The third-order valence-electron chi connectivity index (χ3n) is 2.23. The van der Waals surface area contributed by atoms with E-state index in [2.05, 4.69) is 11.7 Å². The highest BCUT2D eigenvalue weighted by Crippen LogP contribution is 2.06. The van der Waals surface area contributed by atoms with Crippen LogP contribution in [0.15, 0.2) is 0 Å². The van der Waals surface area contributed by atoms with Gasteiger partial charge in [-0.05, 0) is 20.3 Å². The normalized spacial score (nSPS) is 9.18. The zero-order valence-electron chi connectivity index (χ0n) is 11.9. The number of hydrogen-bond acceptors (Lipinski definition) is 3. The zero-order chi connectivity index (χ0) is 13.5. The van der Waals surface area contributed by atoms with Crippen LogP contribution in [0.25, 0.3) is 0 Å². The molecule has 0 aromatic rings. The molecule has 0 spiro atoms. The van der Waals surface area contributed by atoms with Gasteiger partial charge in [0.05, 0.1) is 6.61 Å². The first kappa shape index (κ1) is 18.5. The number of carbonyl (C=O) groups is 2. The average molecular weight is 244 g/mol. The van der Waals surface area contributed by atoms with Crippen molar-refractivity contribution >= 4 is 11.8 Å². The Bertz CT molecular complexity index is 188. The van der Waals surface area contributed by atoms with Gasteiger partial charge in [-0.25, -0.2) is 0 Å². The SMILES string of the molecule is CCCCCCCCC(C)=O.CCOC(C)=O. The predicted octanol–water partition coefficient (Wildman–Crippen LogP) is 3.90. The molecule has 0 aromatic heterocycles. The number of Topliss-reactive ketones (excluding diaryl/α,β-unsaturated/α-hetero) is 1. The fraction of sp³-hybridized carbons (Fsp3) is 0.857. The molecule has 0 aliphatic carbocycles. The summed E-state index contributed by atoms with van der Waals surface area (Å²) in [4.78, 5) is 20.4. The van der Waals surface area contributed by atoms with Gasteiger partial charge in [-0.1, -0.05) is 39.0 Å². The Kier molecular flexibility index (Phi) is 16.5. The van der Waals surface area contributed by atoms with Crippen LogP contribution in [-0.2, 0) is 14.3 Å². The van der Waals surface area contributed by atoms with Crippen molar-refractivity contribution in [2.24, 2.45) is 0 Å². The molecule has 0 heterocycles. The largest absolute Gasteiger partial charge is 0.466 e. The summed E-state index contributed by atoms with van der Waals surface area (Å²) >= 11 is 0. The zero-order valence-corrected chi connectivity index (χ0v) is 11.9. The molecule has 0 saturated heterocycles. The molecule has 0 saturated carbocycles. The Morgan fingerprint density at radius 2 is 1.41 bits per heavy atom. The number of rotatable bonds is 8. The molecule has 0 radical (unpaired) electrons. The molecule has 0 aliphatic rings. The third kappa shape index (κ3) is 25.4. The molecule has 3 heteroatoms. The lowest BCUT2D eigenvalue weighted by Crippen LogP contribution is -1.95. The fourth-order valence-corrected chi connectivity index (χ4v) is 1.36. The number of carbonyl (C=O) groups excluding carboxylic acids is 2. The summed E-state index contributed by atoms with van der Waals surface area (Å²) in [5, 5.41) is 0. The van der Waals surface area contributed by atoms with E-state index in [1.54, 1.807) is 13.8 Å². The number of unbranched alkanes of at least 4 members (excludes halogenated alkanes) is 5. The lowest BCUT2D eigenvalue weighted by molar-refractivity contribution is -0.140. The average Bonchev–Trinajstić information content (AvgIpc) is 2.23. The molecular formula is C14H28O3. The Morgan fingerprint density at radius 3 is 1.76 bits per heavy atom. The van der Waals surface area contributed by atoms with Crippen LogP contribution in [0, 0.1) is 0 Å². The van der Waals surface area contributed by atoms with Crippen LogP contribution in [0.2, 0.25) is 0 Å². The second kappa shape index (κ2) is 15.1. The first-order chi connectivity index (χ1) is 8.04. The maximum atomic E-state index is 10.5. The summed E-state index contributed by atoms with van der Waals surface area (Å²) in [6.45, 7) is 7.54. The molecule has 0 aromatic carbocycles. The first-order valence-corrected chi connectivity index (χ1v) is 6.67. The molecule has 0 aliphatic heterocycles. The van der Waals surface area contributed by atoms with Gasteiger partial charge >= 0.3 is 5.97 Å². The third-order valence-corrected chi connectivity index (χ3v) is 2.23. The quantitative estimate of drug-likeness (QED) is 0.480. The molecule has 0 bridgehead atoms. The topological polar surface area (TPSA) is 43.4 Å². The van der Waals surface area contributed by atoms with Crippen LogP contribution in [0.5, 0.6) is 0 Å². The summed E-state index contributed by atoms with van der Waals surface area (Å²) in [5.74, 6) is 0.123. The van der Waals surface area contributed by atoms with Crippen molar-refractivity contribution < 1.29 is 14.3 Å². The number of ether oxygens (including phenoxy) is 1. The molecule has 0 amide bonds. The van der Waals surface area contributed by atoms with Crippen LogP contribution >= 0.6 is 0 Å². The Hall–Kier alpha value is -0.860. The van der Waals surface area contributed by atoms with Gasteiger partial charge in [0.1, 0.15) is 5.78 Å². The van der Waals surface area contributed by atoms with Gasteiger partial charge in [-0.3, -0.25) is 4.79 Å². The van der Waals surface area contributed by atoms with Gasteiger partial charge in [0.2, 0.25) is 0 Å². The van der Waals surface area contributed by atoms with Crippen molar-refractivity contribution in [3.05, 3.63) is 0 Å². The maximum absolute atomic E-state index is 10.5. The summed E-state index contributed by atoms with van der Waals surface area (Å²) in [5.41, 5.74) is 0. The molecular weight excluding hydrogens is 216 g/mol. The van der Waals surface area contributed by atoms with E-state index in [1.165, 1.54) is 39.0 Å². The van der Waals surface area contributed by atoms with E-state index in [9.17, 15) is 9.59 Å². The summed E-state index contributed by atoms with van der Waals surface area (Å²) in [6.07, 6.45) is 8.41. The molecule has 0 atom stereocenters. The highest BCUT2D eigenvalue weighted by Gasteiger charge is 1.92. The highest BCUT2D eigenvalue weighted by molar-refractivity contribution is 5.75. The number of hydrogen-bond donors (Lipinski definition) is 0. The van der Waals surface area contributed by atoms with Crippen LogP contribution in [0.4, 0.5) is 0 Å². The molecule has 0 fully saturated rings. The summed E-state index contributed by atoms with van der Waals surface area (Å²) in [6, 6.07) is 0. The van der Waals surface area contributed by atoms with Crippen LogP contribution in [0.1, 0.15) is 72.6 Å². The lowest BCUT2D eigenvalue weighted by atomic mass is 10.1. The molecule has 3 nitrogen and oxygen atoms in total. The van der Waals surface area contributed by atoms with Gasteiger partial charge in [0.15, 0.2) is 0 Å². The van der Waals surface area contributed by atoms with E-state index in [0.29, 0.717) is 12.4 Å². The first-order valence-electron chi connectivity index (χ1n) is 6.67. The smallest absolute Gasteiger partial charge is 0.302 e. The Labute approximate surface area is 106 Å². The second-order valence-corrected chi connectivity index (χ2v) is 4.14. The minimum Gasteiger partial charge on any atom is -0.466 e. The van der Waals surface area contributed by atoms with Crippen molar-refractivity contribution in [3.63, 3.8) is 0 Å². The summed E-state index contributed by atoms with van der Waals surface area (Å²) < 4.78 is 4.40. The van der Waals surface area contributed by atoms with E-state index in [4.69, 9.17) is 0 Å². The molecule has 0 N–H and O–H groups in total. The Morgan fingerprint density at radius 1 is 0.882 bits per heavy atom. The van der Waals surface area contributed by atoms with E-state index in [1.807, 2.05) is 0 Å². The predicted molar refractivity (Wildman–Crippen MR) is 71.0 cm³/mol. The number of ketones is 1. The second-order valence-electron chi connectivity index (χ2n) is 4.14. The number of esters is 1. The van der Waals surface area contributed by atoms with Crippen molar-refractivity contribution in [1.82, 2.24) is 0 Å². The van der Waals surface area contributed by atoms with Gasteiger partial charge in [0, 0.05) is 13.3 Å². The van der Waals surface area contributed by atoms with Gasteiger partial charge in [-0.2, -0.15) is 0 Å². The monoisotopic (exact) mass is 244 g/mol. The van der Waals surface area contributed by atoms with Crippen molar-refractivity contribution in [1.29, 1.82) is 0 Å². The minimum atomic E-state index is -0.211. The fourth-order valence-electron chi connectivity index (χ4n) is 1.36. The molecule has 0 unspecified atom stereocenters. The van der Waals surface area contributed by atoms with Crippen molar-refractivity contribution in [2.75, 3.05) is 6.61 Å². The molecule has 17 heavy (non-hydrogen) atoms. The van der Waals surface area contributed by atoms with Gasteiger partial charge in [0.25, 0.3) is 0 Å².